The van der Waals surface area contributed by atoms with Crippen molar-refractivity contribution < 1.29 is 13.2 Å². The number of benzene rings is 2. The maximum atomic E-state index is 12.9. The fourth-order valence-electron chi connectivity index (χ4n) is 2.82. The molecule has 0 unspecified atom stereocenters. The minimum Gasteiger partial charge on any atom is -0.331 e. The molecule has 0 spiro atoms. The highest BCUT2D eigenvalue weighted by atomic mass is 35.5. The number of sulfone groups is 1. The standard InChI is InChI=1S/C19H18ClN3O4S/c1-3-23(11-17-21-15-7-5-4-6-13(15)18(24)22-17)19(25)12-8-9-14(20)16(10-12)28(2,26)27/h4-10H,3,11H2,1-2H3,(H,21,22,24). The van der Waals surface area contributed by atoms with Gasteiger partial charge in [-0.25, -0.2) is 13.4 Å². The van der Waals surface area contributed by atoms with E-state index in [0.717, 1.165) is 6.26 Å². The number of aromatic amines is 1. The molecule has 0 saturated carbocycles. The van der Waals surface area contributed by atoms with Gasteiger partial charge in [-0.15, -0.1) is 0 Å². The molecular weight excluding hydrogens is 402 g/mol. The van der Waals surface area contributed by atoms with Crippen LogP contribution in [0.5, 0.6) is 0 Å². The third-order valence-corrected chi connectivity index (χ3v) is 5.83. The van der Waals surface area contributed by atoms with Crippen LogP contribution in [-0.2, 0) is 16.4 Å². The van der Waals surface area contributed by atoms with E-state index < -0.39 is 9.84 Å². The lowest BCUT2D eigenvalue weighted by Crippen LogP contribution is -2.32. The van der Waals surface area contributed by atoms with Crippen LogP contribution in [0.25, 0.3) is 10.9 Å². The van der Waals surface area contributed by atoms with Crippen molar-refractivity contribution in [1.29, 1.82) is 0 Å². The molecule has 1 amide bonds. The highest BCUT2D eigenvalue weighted by Crippen LogP contribution is 2.23. The number of hydrogen-bond acceptors (Lipinski definition) is 5. The summed E-state index contributed by atoms with van der Waals surface area (Å²) in [5.74, 6) is -0.0453. The summed E-state index contributed by atoms with van der Waals surface area (Å²) in [6.07, 6.45) is 1.03. The molecule has 1 N–H and O–H groups in total. The zero-order valence-corrected chi connectivity index (χ0v) is 16.8. The van der Waals surface area contributed by atoms with Crippen molar-refractivity contribution in [1.82, 2.24) is 14.9 Å². The van der Waals surface area contributed by atoms with E-state index in [1.165, 1.54) is 23.1 Å². The second kappa shape index (κ2) is 7.73. The quantitative estimate of drug-likeness (QED) is 0.685. The molecule has 3 aromatic rings. The zero-order chi connectivity index (χ0) is 20.5. The molecule has 0 atom stereocenters. The van der Waals surface area contributed by atoms with E-state index in [9.17, 15) is 18.0 Å². The van der Waals surface area contributed by atoms with Gasteiger partial charge in [-0.3, -0.25) is 9.59 Å². The normalized spacial score (nSPS) is 11.5. The monoisotopic (exact) mass is 419 g/mol. The molecule has 0 aliphatic rings. The Hall–Kier alpha value is -2.71. The molecule has 146 valence electrons. The molecule has 0 bridgehead atoms. The largest absolute Gasteiger partial charge is 0.331 e. The Morgan fingerprint density at radius 1 is 1.21 bits per heavy atom. The smallest absolute Gasteiger partial charge is 0.258 e. The van der Waals surface area contributed by atoms with Gasteiger partial charge < -0.3 is 9.88 Å². The first-order valence-electron chi connectivity index (χ1n) is 8.47. The number of carbonyl (C=O) groups is 1. The maximum absolute atomic E-state index is 12.9. The van der Waals surface area contributed by atoms with Gasteiger partial charge in [0.1, 0.15) is 5.82 Å². The Morgan fingerprint density at radius 2 is 1.93 bits per heavy atom. The van der Waals surface area contributed by atoms with Gasteiger partial charge in [0.2, 0.25) is 0 Å². The molecule has 0 aliphatic heterocycles. The number of fused-ring (bicyclic) bond motifs is 1. The Kier molecular flexibility index (Phi) is 5.53. The van der Waals surface area contributed by atoms with Crippen molar-refractivity contribution in [2.45, 2.75) is 18.4 Å². The van der Waals surface area contributed by atoms with Crippen LogP contribution in [-0.4, -0.2) is 42.0 Å². The van der Waals surface area contributed by atoms with Gasteiger partial charge in [0, 0.05) is 18.4 Å². The predicted octanol–water partition coefficient (Wildman–Crippen LogP) is 2.64. The van der Waals surface area contributed by atoms with Crippen molar-refractivity contribution in [3.8, 4) is 0 Å². The molecule has 0 fully saturated rings. The van der Waals surface area contributed by atoms with E-state index in [1.54, 1.807) is 31.2 Å². The van der Waals surface area contributed by atoms with Crippen molar-refractivity contribution in [3.63, 3.8) is 0 Å². The minimum absolute atomic E-state index is 0.0580. The number of para-hydroxylation sites is 1. The first kappa shape index (κ1) is 20.0. The number of amides is 1. The summed E-state index contributed by atoms with van der Waals surface area (Å²) < 4.78 is 23.7. The number of nitrogens with one attached hydrogen (secondary N) is 1. The first-order chi connectivity index (χ1) is 13.2. The van der Waals surface area contributed by atoms with Crippen LogP contribution < -0.4 is 5.56 Å². The Balaban J connectivity index is 1.94. The second-order valence-corrected chi connectivity index (χ2v) is 8.66. The molecule has 3 rings (SSSR count). The summed E-state index contributed by atoms with van der Waals surface area (Å²) in [5, 5.41) is 0.527. The Morgan fingerprint density at radius 3 is 2.61 bits per heavy atom. The molecule has 1 aromatic heterocycles. The highest BCUT2D eigenvalue weighted by Gasteiger charge is 2.20. The molecule has 0 radical (unpaired) electrons. The number of hydrogen-bond donors (Lipinski definition) is 1. The highest BCUT2D eigenvalue weighted by molar-refractivity contribution is 7.90. The van der Waals surface area contributed by atoms with Gasteiger partial charge in [-0.2, -0.15) is 0 Å². The summed E-state index contributed by atoms with van der Waals surface area (Å²) in [6, 6.07) is 11.0. The van der Waals surface area contributed by atoms with Crippen LogP contribution in [0, 0.1) is 0 Å². The fraction of sp³-hybridized carbons (Fsp3) is 0.211. The number of rotatable bonds is 5. The van der Waals surface area contributed by atoms with Gasteiger partial charge in [0.25, 0.3) is 11.5 Å². The van der Waals surface area contributed by atoms with E-state index >= 15 is 0 Å². The van der Waals surface area contributed by atoms with E-state index in [4.69, 9.17) is 11.6 Å². The lowest BCUT2D eigenvalue weighted by atomic mass is 10.2. The van der Waals surface area contributed by atoms with Crippen LogP contribution in [0.2, 0.25) is 5.02 Å². The van der Waals surface area contributed by atoms with Crippen LogP contribution >= 0.6 is 11.6 Å². The van der Waals surface area contributed by atoms with Gasteiger partial charge >= 0.3 is 0 Å². The first-order valence-corrected chi connectivity index (χ1v) is 10.7. The molecule has 0 aliphatic carbocycles. The summed E-state index contributed by atoms with van der Waals surface area (Å²) in [5.41, 5.74) is 0.445. The van der Waals surface area contributed by atoms with Crippen molar-refractivity contribution in [3.05, 3.63) is 69.2 Å². The lowest BCUT2D eigenvalue weighted by Gasteiger charge is -2.21. The molecule has 9 heteroatoms. The van der Waals surface area contributed by atoms with E-state index in [2.05, 4.69) is 9.97 Å². The SMILES string of the molecule is CCN(Cc1nc2ccccc2c(=O)[nH]1)C(=O)c1ccc(Cl)c(S(C)(=O)=O)c1. The topological polar surface area (TPSA) is 100 Å². The van der Waals surface area contributed by atoms with Crippen LogP contribution in [0.3, 0.4) is 0 Å². The fourth-order valence-corrected chi connectivity index (χ4v) is 4.12. The maximum Gasteiger partial charge on any atom is 0.258 e. The second-order valence-electron chi connectivity index (χ2n) is 6.27. The summed E-state index contributed by atoms with van der Waals surface area (Å²) in [4.78, 5) is 33.6. The van der Waals surface area contributed by atoms with Gasteiger partial charge in [-0.1, -0.05) is 23.7 Å². The Bertz CT molecular complexity index is 1220. The Labute approximate surface area is 166 Å². The van der Waals surface area contributed by atoms with Gasteiger partial charge in [0.05, 0.1) is 27.4 Å². The van der Waals surface area contributed by atoms with Gasteiger partial charge in [-0.05, 0) is 37.3 Å². The minimum atomic E-state index is -3.57. The van der Waals surface area contributed by atoms with Crippen LogP contribution in [0.15, 0.2) is 52.2 Å². The number of halogens is 1. The molecule has 2 aromatic carbocycles. The molecule has 0 saturated heterocycles. The average Bonchev–Trinajstić information content (AvgIpc) is 2.65. The van der Waals surface area contributed by atoms with Crippen LogP contribution in [0.4, 0.5) is 0 Å². The van der Waals surface area contributed by atoms with E-state index in [1.807, 2.05) is 0 Å². The van der Waals surface area contributed by atoms with E-state index in [0.29, 0.717) is 23.3 Å². The third kappa shape index (κ3) is 4.07. The summed E-state index contributed by atoms with van der Waals surface area (Å²) >= 11 is 5.95. The number of nitrogens with zero attached hydrogens (tertiary/aromatic N) is 2. The predicted molar refractivity (Wildman–Crippen MR) is 107 cm³/mol. The van der Waals surface area contributed by atoms with E-state index in [-0.39, 0.29) is 33.5 Å². The number of carbonyl (C=O) groups excluding carboxylic acids is 1. The number of H-pyrrole nitrogens is 1. The molecule has 28 heavy (non-hydrogen) atoms. The van der Waals surface area contributed by atoms with Crippen molar-refractivity contribution >= 4 is 38.2 Å². The number of aromatic nitrogens is 2. The zero-order valence-electron chi connectivity index (χ0n) is 15.3. The third-order valence-electron chi connectivity index (χ3n) is 4.25. The van der Waals surface area contributed by atoms with Crippen molar-refractivity contribution in [2.75, 3.05) is 12.8 Å². The summed E-state index contributed by atoms with van der Waals surface area (Å²) in [6.45, 7) is 2.20. The average molecular weight is 420 g/mol. The molecule has 1 heterocycles. The summed E-state index contributed by atoms with van der Waals surface area (Å²) in [7, 11) is -3.57. The molecule has 7 nitrogen and oxygen atoms in total. The lowest BCUT2D eigenvalue weighted by molar-refractivity contribution is 0.0748. The van der Waals surface area contributed by atoms with Gasteiger partial charge in [0.15, 0.2) is 9.84 Å². The molecular formula is C19H18ClN3O4S. The van der Waals surface area contributed by atoms with Crippen LogP contribution in [0.1, 0.15) is 23.1 Å². The van der Waals surface area contributed by atoms with Crippen molar-refractivity contribution in [2.24, 2.45) is 0 Å².